The summed E-state index contributed by atoms with van der Waals surface area (Å²) in [5.74, 6) is -0.404. The van der Waals surface area contributed by atoms with Crippen LogP contribution in [0.5, 0.6) is 0 Å². The number of benzene rings is 1. The third-order valence-corrected chi connectivity index (χ3v) is 2.67. The molecule has 0 aliphatic carbocycles. The van der Waals surface area contributed by atoms with Crippen molar-refractivity contribution in [1.29, 1.82) is 0 Å². The Labute approximate surface area is 88.4 Å². The molecule has 1 aliphatic rings. The number of carbonyl (C=O) groups is 1. The lowest BCUT2D eigenvalue weighted by molar-refractivity contribution is 0.0684. The number of amides is 1. The molecule has 1 heterocycles. The number of methoxy groups -OCH3 is 1. The first-order valence-corrected chi connectivity index (χ1v) is 4.91. The first-order chi connectivity index (χ1) is 7.22. The molecule has 1 unspecified atom stereocenters. The van der Waals surface area contributed by atoms with Gasteiger partial charge in [0.1, 0.15) is 6.23 Å². The highest BCUT2D eigenvalue weighted by molar-refractivity contribution is 5.93. The molecule has 0 radical (unpaired) electrons. The normalized spacial score (nSPS) is 19.7. The quantitative estimate of drug-likeness (QED) is 0.743. The lowest BCUT2D eigenvalue weighted by Gasteiger charge is -2.25. The Bertz CT molecular complexity index is 390. The highest BCUT2D eigenvalue weighted by Crippen LogP contribution is 2.24. The van der Waals surface area contributed by atoms with E-state index in [1.165, 1.54) is 5.56 Å². The number of rotatable bonds is 2. The van der Waals surface area contributed by atoms with Crippen molar-refractivity contribution in [2.75, 3.05) is 13.7 Å². The Kier molecular flexibility index (Phi) is 2.70. The van der Waals surface area contributed by atoms with E-state index in [9.17, 15) is 4.79 Å². The molecule has 0 aromatic heterocycles. The van der Waals surface area contributed by atoms with Crippen molar-refractivity contribution in [2.45, 2.75) is 12.6 Å². The standard InChI is InChI=1S/C11H14N2O2/c1-15-11-9-6-8(10(12)14)3-2-7(9)4-5-13-11/h2-3,6,11,13H,4-5H2,1H3,(H2,12,14). The van der Waals surface area contributed by atoms with Gasteiger partial charge in [0.2, 0.25) is 5.91 Å². The summed E-state index contributed by atoms with van der Waals surface area (Å²) in [6.45, 7) is 0.890. The summed E-state index contributed by atoms with van der Waals surface area (Å²) < 4.78 is 5.29. The first-order valence-electron chi connectivity index (χ1n) is 4.91. The predicted molar refractivity (Wildman–Crippen MR) is 56.4 cm³/mol. The van der Waals surface area contributed by atoms with Crippen LogP contribution < -0.4 is 11.1 Å². The summed E-state index contributed by atoms with van der Waals surface area (Å²) in [5, 5.41) is 3.22. The Morgan fingerprint density at radius 3 is 3.07 bits per heavy atom. The van der Waals surface area contributed by atoms with Crippen LogP contribution in [0.2, 0.25) is 0 Å². The number of primary amides is 1. The summed E-state index contributed by atoms with van der Waals surface area (Å²) in [6, 6.07) is 5.51. The monoisotopic (exact) mass is 206 g/mol. The van der Waals surface area contributed by atoms with E-state index in [0.717, 1.165) is 18.5 Å². The van der Waals surface area contributed by atoms with Crippen LogP contribution in [0.4, 0.5) is 0 Å². The van der Waals surface area contributed by atoms with Crippen LogP contribution >= 0.6 is 0 Å². The average Bonchev–Trinajstić information content (AvgIpc) is 2.27. The van der Waals surface area contributed by atoms with Crippen LogP contribution in [0.15, 0.2) is 18.2 Å². The second kappa shape index (κ2) is 4.00. The van der Waals surface area contributed by atoms with Gasteiger partial charge in [0, 0.05) is 19.2 Å². The molecule has 1 atom stereocenters. The summed E-state index contributed by atoms with van der Waals surface area (Å²) in [4.78, 5) is 11.0. The minimum atomic E-state index is -0.404. The maximum absolute atomic E-state index is 11.0. The Hall–Kier alpha value is -1.39. The fourth-order valence-corrected chi connectivity index (χ4v) is 1.88. The molecule has 4 nitrogen and oxygen atoms in total. The molecular weight excluding hydrogens is 192 g/mol. The SMILES string of the molecule is COC1NCCc2ccc(C(N)=O)cc21. The van der Waals surface area contributed by atoms with Gasteiger partial charge in [-0.05, 0) is 29.7 Å². The van der Waals surface area contributed by atoms with E-state index in [1.54, 1.807) is 19.2 Å². The van der Waals surface area contributed by atoms with E-state index < -0.39 is 5.91 Å². The molecule has 0 saturated carbocycles. The summed E-state index contributed by atoms with van der Waals surface area (Å²) >= 11 is 0. The molecule has 0 fully saturated rings. The molecule has 0 saturated heterocycles. The van der Waals surface area contributed by atoms with Gasteiger partial charge in [0.15, 0.2) is 0 Å². The van der Waals surface area contributed by atoms with Gasteiger partial charge in [0.05, 0.1) is 0 Å². The predicted octanol–water partition coefficient (Wildman–Crippen LogP) is 0.576. The highest BCUT2D eigenvalue weighted by Gasteiger charge is 2.19. The topological polar surface area (TPSA) is 64.3 Å². The molecule has 80 valence electrons. The fraction of sp³-hybridized carbons (Fsp3) is 0.364. The number of ether oxygens (including phenoxy) is 1. The third kappa shape index (κ3) is 1.86. The van der Waals surface area contributed by atoms with Crippen molar-refractivity contribution in [3.05, 3.63) is 34.9 Å². The van der Waals surface area contributed by atoms with Gasteiger partial charge in [-0.1, -0.05) is 6.07 Å². The minimum absolute atomic E-state index is 0.131. The zero-order chi connectivity index (χ0) is 10.8. The molecule has 1 aromatic carbocycles. The van der Waals surface area contributed by atoms with Gasteiger partial charge in [-0.25, -0.2) is 0 Å². The Morgan fingerprint density at radius 2 is 2.40 bits per heavy atom. The number of nitrogens with two attached hydrogens (primary N) is 1. The third-order valence-electron chi connectivity index (χ3n) is 2.67. The summed E-state index contributed by atoms with van der Waals surface area (Å²) in [5.41, 5.74) is 7.99. The lowest BCUT2D eigenvalue weighted by Crippen LogP contribution is -2.31. The maximum Gasteiger partial charge on any atom is 0.248 e. The van der Waals surface area contributed by atoms with Crippen LogP contribution in [0.1, 0.15) is 27.7 Å². The second-order valence-electron chi connectivity index (χ2n) is 3.60. The van der Waals surface area contributed by atoms with Gasteiger partial charge in [0.25, 0.3) is 0 Å². The summed E-state index contributed by atoms with van der Waals surface area (Å²) in [6.07, 6.45) is 0.821. The fourth-order valence-electron chi connectivity index (χ4n) is 1.88. The molecule has 2 rings (SSSR count). The van der Waals surface area contributed by atoms with Crippen molar-refractivity contribution in [3.63, 3.8) is 0 Å². The Morgan fingerprint density at radius 1 is 1.60 bits per heavy atom. The molecule has 15 heavy (non-hydrogen) atoms. The second-order valence-corrected chi connectivity index (χ2v) is 3.60. The average molecular weight is 206 g/mol. The molecule has 1 aliphatic heterocycles. The minimum Gasteiger partial charge on any atom is -0.366 e. The zero-order valence-corrected chi connectivity index (χ0v) is 8.62. The number of fused-ring (bicyclic) bond motifs is 1. The van der Waals surface area contributed by atoms with Crippen molar-refractivity contribution in [1.82, 2.24) is 5.32 Å². The molecule has 1 aromatic rings. The molecule has 0 bridgehead atoms. The summed E-state index contributed by atoms with van der Waals surface area (Å²) in [7, 11) is 1.64. The molecular formula is C11H14N2O2. The Balaban J connectivity index is 2.43. The number of nitrogens with one attached hydrogen (secondary N) is 1. The van der Waals surface area contributed by atoms with E-state index in [0.29, 0.717) is 5.56 Å². The van der Waals surface area contributed by atoms with Crippen molar-refractivity contribution >= 4 is 5.91 Å². The largest absolute Gasteiger partial charge is 0.366 e. The molecule has 0 spiro atoms. The van der Waals surface area contributed by atoms with E-state index in [2.05, 4.69) is 5.32 Å². The smallest absolute Gasteiger partial charge is 0.248 e. The molecule has 4 heteroatoms. The first kappa shape index (κ1) is 10.1. The van der Waals surface area contributed by atoms with Crippen molar-refractivity contribution in [2.24, 2.45) is 5.73 Å². The number of hydrogen-bond donors (Lipinski definition) is 2. The van der Waals surface area contributed by atoms with Crippen LogP contribution in [-0.2, 0) is 11.2 Å². The maximum atomic E-state index is 11.0. The molecule has 1 amide bonds. The van der Waals surface area contributed by atoms with Gasteiger partial charge < -0.3 is 10.5 Å². The van der Waals surface area contributed by atoms with E-state index >= 15 is 0 Å². The van der Waals surface area contributed by atoms with Gasteiger partial charge >= 0.3 is 0 Å². The van der Waals surface area contributed by atoms with Crippen LogP contribution in [0, 0.1) is 0 Å². The van der Waals surface area contributed by atoms with Gasteiger partial charge in [-0.2, -0.15) is 0 Å². The van der Waals surface area contributed by atoms with Gasteiger partial charge in [-0.3, -0.25) is 10.1 Å². The van der Waals surface area contributed by atoms with Crippen molar-refractivity contribution in [3.8, 4) is 0 Å². The van der Waals surface area contributed by atoms with E-state index in [1.807, 2.05) is 6.07 Å². The van der Waals surface area contributed by atoms with Crippen LogP contribution in [0.25, 0.3) is 0 Å². The van der Waals surface area contributed by atoms with Gasteiger partial charge in [-0.15, -0.1) is 0 Å². The lowest BCUT2D eigenvalue weighted by atomic mass is 9.97. The van der Waals surface area contributed by atoms with E-state index in [4.69, 9.17) is 10.5 Å². The van der Waals surface area contributed by atoms with Crippen LogP contribution in [-0.4, -0.2) is 19.6 Å². The highest BCUT2D eigenvalue weighted by atomic mass is 16.5. The molecule has 3 N–H and O–H groups in total. The van der Waals surface area contributed by atoms with E-state index in [-0.39, 0.29) is 6.23 Å². The van der Waals surface area contributed by atoms with Crippen LogP contribution in [0.3, 0.4) is 0 Å². The van der Waals surface area contributed by atoms with Crippen molar-refractivity contribution < 1.29 is 9.53 Å². The number of hydrogen-bond acceptors (Lipinski definition) is 3. The number of carbonyl (C=O) groups excluding carboxylic acids is 1. The zero-order valence-electron chi connectivity index (χ0n) is 8.62.